The molecule has 3 fully saturated rings. The van der Waals surface area contributed by atoms with Gasteiger partial charge in [-0.1, -0.05) is 24.0 Å². The maximum absolute atomic E-state index is 14.4. The van der Waals surface area contributed by atoms with Gasteiger partial charge in [0.25, 0.3) is 0 Å². The number of hydrogen-bond donors (Lipinski definition) is 2. The number of esters is 1. The van der Waals surface area contributed by atoms with Gasteiger partial charge in [0.05, 0.1) is 19.1 Å². The van der Waals surface area contributed by atoms with Crippen LogP contribution in [0, 0.1) is 29.6 Å². The predicted octanol–water partition coefficient (Wildman–Crippen LogP) is 3.32. The lowest BCUT2D eigenvalue weighted by molar-refractivity contribution is -0.156. The summed E-state index contributed by atoms with van der Waals surface area (Å²) in [4.78, 5) is 55.0. The Morgan fingerprint density at radius 2 is 1.57 bits per heavy atom. The average Bonchev–Trinajstić information content (AvgIpc) is 3.56. The summed E-state index contributed by atoms with van der Waals surface area (Å²) in [5.41, 5.74) is 0.179. The number of carbonyl (C=O) groups excluding carboxylic acids is 4. The maximum atomic E-state index is 14.4. The Hall–Kier alpha value is -4.09. The number of rotatable bonds is 7. The first-order valence-corrected chi connectivity index (χ1v) is 15.8. The van der Waals surface area contributed by atoms with E-state index in [1.807, 2.05) is 24.3 Å². The van der Waals surface area contributed by atoms with Crippen LogP contribution in [0.2, 0.25) is 0 Å². The molecule has 46 heavy (non-hydrogen) atoms. The Bertz CT molecular complexity index is 1420. The smallest absolute Gasteiger partial charge is 0.411 e. The van der Waals surface area contributed by atoms with Gasteiger partial charge >= 0.3 is 12.1 Å². The Labute approximate surface area is 271 Å². The van der Waals surface area contributed by atoms with Crippen LogP contribution in [0.4, 0.5) is 9.18 Å². The third-order valence-electron chi connectivity index (χ3n) is 7.53. The van der Waals surface area contributed by atoms with E-state index in [0.717, 1.165) is 28.9 Å². The van der Waals surface area contributed by atoms with Crippen LogP contribution in [-0.2, 0) is 30.4 Å². The topological polar surface area (TPSA) is 117 Å². The van der Waals surface area contributed by atoms with E-state index < -0.39 is 53.5 Å². The van der Waals surface area contributed by atoms with Crippen LogP contribution < -0.4 is 10.6 Å². The van der Waals surface area contributed by atoms with Gasteiger partial charge in [-0.05, 0) is 90.3 Å². The normalized spacial score (nSPS) is 23.0. The molecule has 10 nitrogen and oxygen atoms in total. The number of nitrogens with one attached hydrogen (secondary N) is 2. The second-order valence-corrected chi connectivity index (χ2v) is 14.2. The van der Waals surface area contributed by atoms with Crippen LogP contribution in [0.3, 0.4) is 0 Å². The van der Waals surface area contributed by atoms with Crippen LogP contribution in [0.1, 0.15) is 78.4 Å². The lowest BCUT2D eigenvalue weighted by Gasteiger charge is -2.28. The quantitative estimate of drug-likeness (QED) is 0.349. The summed E-state index contributed by atoms with van der Waals surface area (Å²) in [6.07, 6.45) is 0.248. The molecular formula is C35H45FN4O6. The molecule has 0 spiro atoms. The van der Waals surface area contributed by atoms with Crippen molar-refractivity contribution >= 4 is 23.9 Å². The summed E-state index contributed by atoms with van der Waals surface area (Å²) >= 11 is 0. The fraction of sp³-hybridized carbons (Fsp3) is 0.600. The Balaban J connectivity index is 1.38. The zero-order valence-electron chi connectivity index (χ0n) is 27.6. The molecule has 2 N–H and O–H groups in total. The van der Waals surface area contributed by atoms with Gasteiger partial charge in [0, 0.05) is 37.0 Å². The number of benzene rings is 1. The van der Waals surface area contributed by atoms with Crippen LogP contribution in [-0.4, -0.2) is 88.8 Å². The molecule has 0 bridgehead atoms. The summed E-state index contributed by atoms with van der Waals surface area (Å²) in [5, 5.41) is 5.82. The van der Waals surface area contributed by atoms with E-state index in [1.54, 1.807) is 46.4 Å². The fourth-order valence-corrected chi connectivity index (χ4v) is 5.33. The summed E-state index contributed by atoms with van der Waals surface area (Å²) in [7, 11) is 0. The largest absolute Gasteiger partial charge is 0.459 e. The summed E-state index contributed by atoms with van der Waals surface area (Å²) in [6.45, 7) is 10.4. The van der Waals surface area contributed by atoms with E-state index in [1.165, 1.54) is 0 Å². The zero-order valence-corrected chi connectivity index (χ0v) is 27.6. The van der Waals surface area contributed by atoms with E-state index in [-0.39, 0.29) is 44.9 Å². The summed E-state index contributed by atoms with van der Waals surface area (Å²) in [5.74, 6) is 11.0. The molecule has 1 saturated carbocycles. The molecule has 0 unspecified atom stereocenters. The molecule has 1 aliphatic carbocycles. The number of alkyl halides is 1. The van der Waals surface area contributed by atoms with Gasteiger partial charge < -0.3 is 20.1 Å². The van der Waals surface area contributed by atoms with Gasteiger partial charge in [0.1, 0.15) is 23.4 Å². The van der Waals surface area contributed by atoms with Crippen molar-refractivity contribution in [1.82, 2.24) is 20.4 Å². The molecule has 0 radical (unpaired) electrons. The second kappa shape index (κ2) is 14.6. The molecule has 3 amide bonds. The van der Waals surface area contributed by atoms with E-state index in [0.29, 0.717) is 5.92 Å². The van der Waals surface area contributed by atoms with Crippen molar-refractivity contribution in [2.24, 2.45) is 5.92 Å². The Morgan fingerprint density at radius 3 is 2.20 bits per heavy atom. The second-order valence-electron chi connectivity index (χ2n) is 14.2. The van der Waals surface area contributed by atoms with Gasteiger partial charge in [-0.25, -0.2) is 9.18 Å². The molecule has 1 aromatic rings. The first-order valence-electron chi connectivity index (χ1n) is 15.8. The van der Waals surface area contributed by atoms with Crippen LogP contribution in [0.5, 0.6) is 0 Å². The van der Waals surface area contributed by atoms with Crippen molar-refractivity contribution in [3.05, 3.63) is 35.4 Å². The van der Waals surface area contributed by atoms with Crippen molar-refractivity contribution < 1.29 is 33.0 Å². The van der Waals surface area contributed by atoms with Crippen LogP contribution in [0.15, 0.2) is 24.3 Å². The van der Waals surface area contributed by atoms with E-state index in [2.05, 4.69) is 34.3 Å². The molecule has 3 aliphatic rings. The number of halogens is 1. The van der Waals surface area contributed by atoms with E-state index in [9.17, 15) is 23.6 Å². The third kappa shape index (κ3) is 10.8. The third-order valence-corrected chi connectivity index (χ3v) is 7.53. The van der Waals surface area contributed by atoms with Crippen molar-refractivity contribution in [2.75, 3.05) is 19.6 Å². The van der Waals surface area contributed by atoms with Crippen molar-refractivity contribution in [3.8, 4) is 23.7 Å². The first-order chi connectivity index (χ1) is 21.6. The van der Waals surface area contributed by atoms with Crippen molar-refractivity contribution in [2.45, 2.75) is 109 Å². The number of nitrogens with zero attached hydrogens (tertiary/aromatic N) is 2. The van der Waals surface area contributed by atoms with Gasteiger partial charge in [-0.3, -0.25) is 24.2 Å². The van der Waals surface area contributed by atoms with Gasteiger partial charge in [0.15, 0.2) is 0 Å². The lowest BCUT2D eigenvalue weighted by atomic mass is 10.1. The number of amides is 3. The van der Waals surface area contributed by atoms with Crippen molar-refractivity contribution in [1.29, 1.82) is 0 Å². The Kier molecular flexibility index (Phi) is 11.0. The van der Waals surface area contributed by atoms with Gasteiger partial charge in [-0.15, -0.1) is 0 Å². The zero-order chi connectivity index (χ0) is 33.6. The predicted molar refractivity (Wildman–Crippen MR) is 170 cm³/mol. The number of ether oxygens (including phenoxy) is 2. The fourth-order valence-electron chi connectivity index (χ4n) is 5.33. The molecule has 0 aromatic heterocycles. The highest BCUT2D eigenvalue weighted by Gasteiger charge is 2.44. The van der Waals surface area contributed by atoms with Gasteiger partial charge in [-0.2, -0.15) is 0 Å². The van der Waals surface area contributed by atoms with Crippen LogP contribution >= 0.6 is 0 Å². The number of hydrogen-bond acceptors (Lipinski definition) is 7. The lowest BCUT2D eigenvalue weighted by Crippen LogP contribution is -2.50. The highest BCUT2D eigenvalue weighted by molar-refractivity contribution is 5.87. The molecule has 2 saturated heterocycles. The average molecular weight is 637 g/mol. The van der Waals surface area contributed by atoms with Gasteiger partial charge in [0.2, 0.25) is 11.8 Å². The highest BCUT2D eigenvalue weighted by Crippen LogP contribution is 2.27. The minimum atomic E-state index is -1.36. The monoisotopic (exact) mass is 636 g/mol. The maximum Gasteiger partial charge on any atom is 0.411 e. The molecular weight excluding hydrogens is 591 g/mol. The standard InChI is InChI=1S/C35H45FN4O6/c1-34(2,3)45-30(41)22-39-21-27(38-32(43)29-17-26(36)20-40(29)33(44)46-35(4,5)6)18-28(39)31(42)37-19-25-15-13-24(14-16-25)10-8-7-9-23-11-12-23/h13-16,23,26-29H,11-12,17-22H2,1-6H3,(H,37,42)(H,38,43)/t26-,27+,28+,29-/m0/s1. The Morgan fingerprint density at radius 1 is 0.891 bits per heavy atom. The molecule has 1 aromatic carbocycles. The van der Waals surface area contributed by atoms with E-state index >= 15 is 0 Å². The molecule has 11 heteroatoms. The SMILES string of the molecule is CC(C)(C)OC(=O)CN1C[C@H](NC(=O)[C@@H]2C[C@H](F)CN2C(=O)OC(C)(C)C)C[C@@H]1C(=O)NCc1ccc(C#CC#CC2CC2)cc1. The molecule has 2 aliphatic heterocycles. The number of carbonyl (C=O) groups is 4. The van der Waals surface area contributed by atoms with Crippen molar-refractivity contribution in [3.63, 3.8) is 0 Å². The molecule has 4 atom stereocenters. The minimum Gasteiger partial charge on any atom is -0.459 e. The van der Waals surface area contributed by atoms with Crippen LogP contribution in [0.25, 0.3) is 0 Å². The summed E-state index contributed by atoms with van der Waals surface area (Å²) < 4.78 is 25.3. The summed E-state index contributed by atoms with van der Waals surface area (Å²) in [6, 6.07) is 5.20. The molecule has 2 heterocycles. The molecule has 4 rings (SSSR count). The molecule has 248 valence electrons. The number of likely N-dealkylation sites (tertiary alicyclic amines) is 2. The highest BCUT2D eigenvalue weighted by atomic mass is 19.1. The van der Waals surface area contributed by atoms with E-state index in [4.69, 9.17) is 9.47 Å². The first kappa shape index (κ1) is 34.8. The minimum absolute atomic E-state index is 0.151.